The van der Waals surface area contributed by atoms with Crippen LogP contribution in [0, 0.1) is 11.3 Å². The lowest BCUT2D eigenvalue weighted by molar-refractivity contribution is 0.308. The SMILES string of the molecule is CC(C)(C)CCCCC1CCCCC1. The summed E-state index contributed by atoms with van der Waals surface area (Å²) in [4.78, 5) is 0. The summed E-state index contributed by atoms with van der Waals surface area (Å²) >= 11 is 0. The molecule has 1 aliphatic carbocycles. The van der Waals surface area contributed by atoms with Gasteiger partial charge in [0, 0.05) is 0 Å². The second-order valence-corrected chi connectivity index (χ2v) is 6.31. The maximum atomic E-state index is 2.35. The van der Waals surface area contributed by atoms with Crippen molar-refractivity contribution in [2.75, 3.05) is 0 Å². The van der Waals surface area contributed by atoms with Gasteiger partial charge in [-0.25, -0.2) is 0 Å². The fourth-order valence-corrected chi connectivity index (χ4v) is 2.56. The largest absolute Gasteiger partial charge is 0.0602 e. The molecule has 1 saturated carbocycles. The van der Waals surface area contributed by atoms with Crippen LogP contribution >= 0.6 is 0 Å². The Kier molecular flexibility index (Phi) is 4.98. The van der Waals surface area contributed by atoms with Crippen LogP contribution in [-0.4, -0.2) is 0 Å². The lowest BCUT2D eigenvalue weighted by atomic mass is 9.84. The van der Waals surface area contributed by atoms with Crippen LogP contribution in [0.2, 0.25) is 0 Å². The number of hydrogen-bond donors (Lipinski definition) is 0. The molecule has 0 aromatic heterocycles. The molecule has 84 valence electrons. The fourth-order valence-electron chi connectivity index (χ4n) is 2.56. The molecule has 14 heavy (non-hydrogen) atoms. The van der Waals surface area contributed by atoms with E-state index in [9.17, 15) is 0 Å². The van der Waals surface area contributed by atoms with Gasteiger partial charge in [0.2, 0.25) is 0 Å². The Morgan fingerprint density at radius 2 is 1.57 bits per heavy atom. The Balaban J connectivity index is 1.97. The molecule has 1 rings (SSSR count). The predicted octanol–water partition coefficient (Wildman–Crippen LogP) is 5.17. The van der Waals surface area contributed by atoms with Gasteiger partial charge in [-0.05, 0) is 17.8 Å². The normalized spacial score (nSPS) is 19.9. The van der Waals surface area contributed by atoms with Gasteiger partial charge in [-0.3, -0.25) is 0 Å². The van der Waals surface area contributed by atoms with Crippen molar-refractivity contribution in [1.82, 2.24) is 0 Å². The van der Waals surface area contributed by atoms with Gasteiger partial charge in [-0.2, -0.15) is 0 Å². The van der Waals surface area contributed by atoms with E-state index in [4.69, 9.17) is 0 Å². The van der Waals surface area contributed by atoms with Gasteiger partial charge in [0.25, 0.3) is 0 Å². The zero-order valence-electron chi connectivity index (χ0n) is 10.4. The molecule has 0 aromatic rings. The summed E-state index contributed by atoms with van der Waals surface area (Å²) in [5.41, 5.74) is 0.548. The van der Waals surface area contributed by atoms with Crippen LogP contribution in [0.3, 0.4) is 0 Å². The standard InChI is InChI=1S/C14H28/c1-14(2,3)12-8-7-11-13-9-5-4-6-10-13/h13H,4-12H2,1-3H3. The Morgan fingerprint density at radius 3 is 2.14 bits per heavy atom. The van der Waals surface area contributed by atoms with Crippen molar-refractivity contribution in [1.29, 1.82) is 0 Å². The van der Waals surface area contributed by atoms with Crippen molar-refractivity contribution in [3.8, 4) is 0 Å². The van der Waals surface area contributed by atoms with Gasteiger partial charge in [0.15, 0.2) is 0 Å². The molecule has 1 fully saturated rings. The summed E-state index contributed by atoms with van der Waals surface area (Å²) in [6, 6.07) is 0. The fraction of sp³-hybridized carbons (Fsp3) is 1.00. The van der Waals surface area contributed by atoms with E-state index in [0.29, 0.717) is 5.41 Å². The van der Waals surface area contributed by atoms with Crippen molar-refractivity contribution in [3.63, 3.8) is 0 Å². The minimum absolute atomic E-state index is 0.548. The number of rotatable bonds is 4. The Bertz CT molecular complexity index is 135. The molecule has 0 saturated heterocycles. The van der Waals surface area contributed by atoms with Gasteiger partial charge in [-0.15, -0.1) is 0 Å². The van der Waals surface area contributed by atoms with Crippen LogP contribution in [0.5, 0.6) is 0 Å². The highest BCUT2D eigenvalue weighted by Crippen LogP contribution is 2.29. The maximum absolute atomic E-state index is 2.35. The molecule has 0 aromatic carbocycles. The molecule has 0 aliphatic heterocycles. The Hall–Kier alpha value is 0. The zero-order valence-corrected chi connectivity index (χ0v) is 10.4. The highest BCUT2D eigenvalue weighted by Gasteiger charge is 2.14. The molecule has 0 unspecified atom stereocenters. The summed E-state index contributed by atoms with van der Waals surface area (Å²) < 4.78 is 0. The van der Waals surface area contributed by atoms with Gasteiger partial charge < -0.3 is 0 Å². The second kappa shape index (κ2) is 5.78. The van der Waals surface area contributed by atoms with E-state index in [1.807, 2.05) is 0 Å². The molecule has 1 aliphatic rings. The van der Waals surface area contributed by atoms with E-state index in [2.05, 4.69) is 20.8 Å². The average molecular weight is 196 g/mol. The van der Waals surface area contributed by atoms with E-state index in [1.165, 1.54) is 57.8 Å². The van der Waals surface area contributed by atoms with Crippen molar-refractivity contribution in [3.05, 3.63) is 0 Å². The van der Waals surface area contributed by atoms with E-state index < -0.39 is 0 Å². The predicted molar refractivity (Wildman–Crippen MR) is 64.5 cm³/mol. The first-order valence-corrected chi connectivity index (χ1v) is 6.58. The monoisotopic (exact) mass is 196 g/mol. The quantitative estimate of drug-likeness (QED) is 0.544. The topological polar surface area (TPSA) is 0 Å². The van der Waals surface area contributed by atoms with Gasteiger partial charge in [-0.1, -0.05) is 72.1 Å². The molecular formula is C14H28. The molecule has 0 amide bonds. The third-order valence-electron chi connectivity index (χ3n) is 3.51. The van der Waals surface area contributed by atoms with Crippen LogP contribution in [0.1, 0.15) is 78.6 Å². The van der Waals surface area contributed by atoms with Gasteiger partial charge >= 0.3 is 0 Å². The third-order valence-corrected chi connectivity index (χ3v) is 3.51. The molecule has 0 radical (unpaired) electrons. The summed E-state index contributed by atoms with van der Waals surface area (Å²) in [5.74, 6) is 1.09. The molecule has 0 bridgehead atoms. The highest BCUT2D eigenvalue weighted by molar-refractivity contribution is 4.67. The number of hydrogen-bond acceptors (Lipinski definition) is 0. The summed E-state index contributed by atoms with van der Waals surface area (Å²) in [7, 11) is 0. The van der Waals surface area contributed by atoms with E-state index in [0.717, 1.165) is 5.92 Å². The smallest absolute Gasteiger partial charge is 0.0383 e. The van der Waals surface area contributed by atoms with E-state index in [1.54, 1.807) is 0 Å². The van der Waals surface area contributed by atoms with Crippen LogP contribution in [0.4, 0.5) is 0 Å². The molecular weight excluding hydrogens is 168 g/mol. The van der Waals surface area contributed by atoms with Gasteiger partial charge in [0.1, 0.15) is 0 Å². The third kappa shape index (κ3) is 5.67. The molecule has 0 atom stereocenters. The van der Waals surface area contributed by atoms with Crippen LogP contribution in [0.25, 0.3) is 0 Å². The van der Waals surface area contributed by atoms with E-state index in [-0.39, 0.29) is 0 Å². The lowest BCUT2D eigenvalue weighted by Crippen LogP contribution is -2.07. The summed E-state index contributed by atoms with van der Waals surface area (Å²) in [6.45, 7) is 7.06. The second-order valence-electron chi connectivity index (χ2n) is 6.31. The first-order chi connectivity index (χ1) is 6.58. The van der Waals surface area contributed by atoms with Crippen molar-refractivity contribution in [2.24, 2.45) is 11.3 Å². The molecule has 0 heterocycles. The summed E-state index contributed by atoms with van der Waals surface area (Å²) in [6.07, 6.45) is 13.4. The van der Waals surface area contributed by atoms with E-state index >= 15 is 0 Å². The van der Waals surface area contributed by atoms with Crippen molar-refractivity contribution in [2.45, 2.75) is 78.6 Å². The molecule has 0 nitrogen and oxygen atoms in total. The van der Waals surface area contributed by atoms with Crippen molar-refractivity contribution < 1.29 is 0 Å². The maximum Gasteiger partial charge on any atom is -0.0383 e. The molecule has 0 spiro atoms. The highest BCUT2D eigenvalue weighted by atomic mass is 14.2. The van der Waals surface area contributed by atoms with Crippen LogP contribution in [0.15, 0.2) is 0 Å². The zero-order chi connectivity index (χ0) is 10.4. The molecule has 0 heteroatoms. The average Bonchev–Trinajstić information content (AvgIpc) is 2.13. The number of unbranched alkanes of at least 4 members (excludes halogenated alkanes) is 1. The Morgan fingerprint density at radius 1 is 0.929 bits per heavy atom. The first-order valence-electron chi connectivity index (χ1n) is 6.58. The first kappa shape index (κ1) is 12.1. The van der Waals surface area contributed by atoms with Crippen LogP contribution < -0.4 is 0 Å². The minimum atomic E-state index is 0.548. The van der Waals surface area contributed by atoms with Crippen molar-refractivity contribution >= 4 is 0 Å². The molecule has 0 N–H and O–H groups in total. The van der Waals surface area contributed by atoms with Crippen LogP contribution in [-0.2, 0) is 0 Å². The van der Waals surface area contributed by atoms with Gasteiger partial charge in [0.05, 0.1) is 0 Å². The Labute approximate surface area is 90.5 Å². The summed E-state index contributed by atoms with van der Waals surface area (Å²) in [5, 5.41) is 0. The minimum Gasteiger partial charge on any atom is -0.0602 e. The lowest BCUT2D eigenvalue weighted by Gasteiger charge is -2.22.